The fourth-order valence-corrected chi connectivity index (χ4v) is 4.44. The summed E-state index contributed by atoms with van der Waals surface area (Å²) in [7, 11) is 0. The van der Waals surface area contributed by atoms with Crippen molar-refractivity contribution in [2.24, 2.45) is 0 Å². The van der Waals surface area contributed by atoms with Crippen LogP contribution in [0.5, 0.6) is 0 Å². The van der Waals surface area contributed by atoms with Gasteiger partial charge in [-0.15, -0.1) is 0 Å². The van der Waals surface area contributed by atoms with Crippen LogP contribution in [0.4, 0.5) is 0 Å². The molecule has 0 fully saturated rings. The zero-order chi connectivity index (χ0) is 20.4. The lowest BCUT2D eigenvalue weighted by atomic mass is 9.87. The molecule has 3 aromatic rings. The number of aryl methyl sites for hydroxylation is 2. The van der Waals surface area contributed by atoms with Crippen molar-refractivity contribution < 1.29 is 4.79 Å². The van der Waals surface area contributed by atoms with Crippen molar-refractivity contribution >= 4 is 5.91 Å². The maximum absolute atomic E-state index is 12.8. The minimum Gasteiger partial charge on any atom is -0.345 e. The third-order valence-corrected chi connectivity index (χ3v) is 5.99. The van der Waals surface area contributed by atoms with E-state index in [1.54, 1.807) is 0 Å². The van der Waals surface area contributed by atoms with Crippen LogP contribution in [0, 0.1) is 13.8 Å². The van der Waals surface area contributed by atoms with Crippen LogP contribution in [-0.2, 0) is 12.8 Å². The second-order valence-electron chi connectivity index (χ2n) is 7.98. The van der Waals surface area contributed by atoms with Gasteiger partial charge < -0.3 is 5.32 Å². The molecule has 0 spiro atoms. The molecule has 1 aromatic heterocycles. The quantitative estimate of drug-likeness (QED) is 0.650. The highest BCUT2D eigenvalue weighted by Gasteiger charge is 2.22. The number of nitrogens with zero attached hydrogens (tertiary/aromatic N) is 2. The van der Waals surface area contributed by atoms with Crippen LogP contribution < -0.4 is 5.32 Å². The highest BCUT2D eigenvalue weighted by molar-refractivity contribution is 5.94. The van der Waals surface area contributed by atoms with Gasteiger partial charge in [0, 0.05) is 11.3 Å². The number of carbonyl (C=O) groups is 1. The predicted octanol–water partition coefficient (Wildman–Crippen LogP) is 5.25. The van der Waals surface area contributed by atoms with Crippen molar-refractivity contribution in [3.8, 4) is 5.69 Å². The summed E-state index contributed by atoms with van der Waals surface area (Å²) in [5.74, 6) is -0.0155. The number of hydrogen-bond donors (Lipinski definition) is 1. The van der Waals surface area contributed by atoms with Gasteiger partial charge in [-0.3, -0.25) is 4.79 Å². The van der Waals surface area contributed by atoms with Gasteiger partial charge in [0.15, 0.2) is 0 Å². The molecule has 0 unspecified atom stereocenters. The lowest BCUT2D eigenvalue weighted by Gasteiger charge is -2.26. The summed E-state index contributed by atoms with van der Waals surface area (Å²) in [4.78, 5) is 12.8. The third-order valence-electron chi connectivity index (χ3n) is 5.99. The maximum atomic E-state index is 12.8. The fraction of sp³-hybridized carbons (Fsp3) is 0.360. The molecule has 4 rings (SSSR count). The third kappa shape index (κ3) is 3.84. The van der Waals surface area contributed by atoms with E-state index in [2.05, 4.69) is 50.4 Å². The normalized spacial score (nSPS) is 15.8. The molecule has 0 radical (unpaired) electrons. The molecule has 4 nitrogen and oxygen atoms in total. The molecule has 0 bridgehead atoms. The van der Waals surface area contributed by atoms with Gasteiger partial charge in [0.2, 0.25) is 0 Å². The molecule has 1 atom stereocenters. The van der Waals surface area contributed by atoms with Crippen LogP contribution in [0.25, 0.3) is 5.69 Å². The first-order valence-corrected chi connectivity index (χ1v) is 10.6. The summed E-state index contributed by atoms with van der Waals surface area (Å²) >= 11 is 0. The minimum absolute atomic E-state index is 0.0155. The largest absolute Gasteiger partial charge is 0.345 e. The van der Waals surface area contributed by atoms with Gasteiger partial charge in [-0.1, -0.05) is 37.6 Å². The molecule has 0 saturated carbocycles. The first-order chi connectivity index (χ1) is 14.1. The van der Waals surface area contributed by atoms with Gasteiger partial charge >= 0.3 is 0 Å². The molecule has 0 saturated heterocycles. The molecule has 29 heavy (non-hydrogen) atoms. The van der Waals surface area contributed by atoms with Crippen LogP contribution in [0.1, 0.15) is 70.7 Å². The van der Waals surface area contributed by atoms with E-state index in [0.29, 0.717) is 5.56 Å². The number of nitrogens with one attached hydrogen (secondary N) is 1. The second-order valence-corrected chi connectivity index (χ2v) is 7.98. The Kier molecular flexibility index (Phi) is 5.52. The molecule has 1 aliphatic carbocycles. The van der Waals surface area contributed by atoms with E-state index in [9.17, 15) is 4.79 Å². The van der Waals surface area contributed by atoms with Crippen molar-refractivity contribution in [1.29, 1.82) is 0 Å². The molecule has 1 N–H and O–H groups in total. The Labute approximate surface area is 173 Å². The molecule has 1 aliphatic rings. The number of hydrogen-bond acceptors (Lipinski definition) is 2. The molecule has 1 amide bonds. The summed E-state index contributed by atoms with van der Waals surface area (Å²) in [6, 6.07) is 16.3. The Morgan fingerprint density at radius 1 is 1.14 bits per heavy atom. The number of amides is 1. The SMILES string of the molecule is CCCc1c(C)nn(-c2ccc(C(=O)N[C@@H]3CCCc4ccccc43)cc2)c1C. The molecule has 0 aliphatic heterocycles. The minimum atomic E-state index is -0.0155. The summed E-state index contributed by atoms with van der Waals surface area (Å²) in [6.07, 6.45) is 5.35. The average molecular weight is 388 g/mol. The van der Waals surface area contributed by atoms with Crippen molar-refractivity contribution in [2.45, 2.75) is 58.9 Å². The van der Waals surface area contributed by atoms with Crippen LogP contribution in [0.15, 0.2) is 48.5 Å². The predicted molar refractivity (Wildman–Crippen MR) is 117 cm³/mol. The van der Waals surface area contributed by atoms with Gasteiger partial charge in [-0.25, -0.2) is 4.68 Å². The van der Waals surface area contributed by atoms with Gasteiger partial charge in [-0.05, 0) is 80.5 Å². The van der Waals surface area contributed by atoms with Gasteiger partial charge in [0.1, 0.15) is 0 Å². The van der Waals surface area contributed by atoms with E-state index in [1.807, 2.05) is 28.9 Å². The summed E-state index contributed by atoms with van der Waals surface area (Å²) in [5, 5.41) is 7.94. The fourth-order valence-electron chi connectivity index (χ4n) is 4.44. The Hall–Kier alpha value is -2.88. The summed E-state index contributed by atoms with van der Waals surface area (Å²) < 4.78 is 1.99. The topological polar surface area (TPSA) is 46.9 Å². The number of rotatable bonds is 5. The lowest BCUT2D eigenvalue weighted by molar-refractivity contribution is 0.0933. The zero-order valence-electron chi connectivity index (χ0n) is 17.5. The van der Waals surface area contributed by atoms with Crippen molar-refractivity contribution in [2.75, 3.05) is 0 Å². The lowest BCUT2D eigenvalue weighted by Crippen LogP contribution is -2.30. The van der Waals surface area contributed by atoms with Crippen LogP contribution >= 0.6 is 0 Å². The number of aromatic nitrogens is 2. The summed E-state index contributed by atoms with van der Waals surface area (Å²) in [5.41, 5.74) is 7.88. The zero-order valence-corrected chi connectivity index (χ0v) is 17.5. The second kappa shape index (κ2) is 8.24. The first kappa shape index (κ1) is 19.4. The maximum Gasteiger partial charge on any atom is 0.251 e. The molecule has 150 valence electrons. The first-order valence-electron chi connectivity index (χ1n) is 10.6. The Morgan fingerprint density at radius 2 is 1.90 bits per heavy atom. The van der Waals surface area contributed by atoms with Crippen LogP contribution in [-0.4, -0.2) is 15.7 Å². The Morgan fingerprint density at radius 3 is 2.66 bits per heavy atom. The van der Waals surface area contributed by atoms with E-state index in [-0.39, 0.29) is 11.9 Å². The standard InChI is InChI=1S/C25H29N3O/c1-4-8-22-17(2)27-28(18(22)3)21-15-13-20(14-16-21)25(29)26-24-12-7-10-19-9-5-6-11-23(19)24/h5-6,9,11,13-16,24H,4,7-8,10,12H2,1-3H3,(H,26,29)/t24-/m1/s1. The van der Waals surface area contributed by atoms with E-state index in [1.165, 1.54) is 22.4 Å². The van der Waals surface area contributed by atoms with Crippen molar-refractivity contribution in [3.05, 3.63) is 82.2 Å². The Bertz CT molecular complexity index is 1020. The smallest absolute Gasteiger partial charge is 0.251 e. The molecule has 1 heterocycles. The number of carbonyl (C=O) groups excluding carboxylic acids is 1. The van der Waals surface area contributed by atoms with Crippen LogP contribution in [0.2, 0.25) is 0 Å². The van der Waals surface area contributed by atoms with Gasteiger partial charge in [-0.2, -0.15) is 5.10 Å². The molecular formula is C25H29N3O. The van der Waals surface area contributed by atoms with Crippen molar-refractivity contribution in [3.63, 3.8) is 0 Å². The number of fused-ring (bicyclic) bond motifs is 1. The highest BCUT2D eigenvalue weighted by atomic mass is 16.1. The molecule has 2 aromatic carbocycles. The van der Waals surface area contributed by atoms with Gasteiger partial charge in [0.05, 0.1) is 17.4 Å². The molecule has 4 heteroatoms. The highest BCUT2D eigenvalue weighted by Crippen LogP contribution is 2.29. The Balaban J connectivity index is 1.52. The monoisotopic (exact) mass is 387 g/mol. The van der Waals surface area contributed by atoms with Gasteiger partial charge in [0.25, 0.3) is 5.91 Å². The van der Waals surface area contributed by atoms with Crippen molar-refractivity contribution in [1.82, 2.24) is 15.1 Å². The van der Waals surface area contributed by atoms with E-state index in [0.717, 1.165) is 43.5 Å². The van der Waals surface area contributed by atoms with E-state index in [4.69, 9.17) is 5.10 Å². The summed E-state index contributed by atoms with van der Waals surface area (Å²) in [6.45, 7) is 6.37. The van der Waals surface area contributed by atoms with E-state index >= 15 is 0 Å². The van der Waals surface area contributed by atoms with Crippen LogP contribution in [0.3, 0.4) is 0 Å². The molecular weight excluding hydrogens is 358 g/mol. The number of benzene rings is 2. The average Bonchev–Trinajstić information content (AvgIpc) is 3.03. The van der Waals surface area contributed by atoms with E-state index < -0.39 is 0 Å².